The average molecular weight is 544 g/mol. The second kappa shape index (κ2) is 13.5. The molecular weight excluding hydrogens is 503 g/mol. The predicted octanol–water partition coefficient (Wildman–Crippen LogP) is 7.77. The lowest BCUT2D eigenvalue weighted by Crippen LogP contribution is -2.31. The van der Waals surface area contributed by atoms with Gasteiger partial charge in [-0.2, -0.15) is 0 Å². The average Bonchev–Trinajstić information content (AvgIpc) is 3.16. The molecule has 0 aliphatic rings. The number of unbranched alkanes of at least 4 members (excludes halogenated alkanes) is 1. The van der Waals surface area contributed by atoms with E-state index >= 15 is 0 Å². The van der Waals surface area contributed by atoms with Gasteiger partial charge < -0.3 is 15.0 Å². The molecule has 0 saturated carbocycles. The van der Waals surface area contributed by atoms with E-state index in [1.807, 2.05) is 32.0 Å². The van der Waals surface area contributed by atoms with Crippen molar-refractivity contribution in [3.05, 3.63) is 82.8 Å². The largest absolute Gasteiger partial charge is 0.390 e. The van der Waals surface area contributed by atoms with Crippen LogP contribution in [-0.2, 0) is 25.5 Å². The van der Waals surface area contributed by atoms with Gasteiger partial charge in [-0.05, 0) is 62.6 Å². The molecule has 0 fully saturated rings. The Morgan fingerprint density at radius 1 is 1.19 bits per heavy atom. The van der Waals surface area contributed by atoms with Crippen LogP contribution in [0.15, 0.2) is 55.2 Å². The number of rotatable bonds is 14. The van der Waals surface area contributed by atoms with Gasteiger partial charge in [0.05, 0.1) is 11.3 Å². The molecule has 0 radical (unpaired) electrons. The van der Waals surface area contributed by atoms with Crippen LogP contribution in [0.3, 0.4) is 0 Å². The molecule has 37 heavy (non-hydrogen) atoms. The summed E-state index contributed by atoms with van der Waals surface area (Å²) in [7, 11) is 0. The smallest absolute Gasteiger partial charge is 0.152 e. The Bertz CT molecular complexity index is 1180. The number of nitrogens with zero attached hydrogens (tertiary/aromatic N) is 3. The van der Waals surface area contributed by atoms with Crippen molar-refractivity contribution in [3.63, 3.8) is 0 Å². The van der Waals surface area contributed by atoms with Gasteiger partial charge in [-0.1, -0.05) is 67.9 Å². The van der Waals surface area contributed by atoms with Crippen LogP contribution in [0.25, 0.3) is 11.4 Å². The van der Waals surface area contributed by atoms with Crippen molar-refractivity contribution in [2.75, 3.05) is 11.9 Å². The van der Waals surface area contributed by atoms with Crippen LogP contribution < -0.4 is 5.32 Å². The lowest BCUT2D eigenvalue weighted by molar-refractivity contribution is 0.0550. The Hall–Kier alpha value is -2.31. The quantitative estimate of drug-likeness (QED) is 0.204. The van der Waals surface area contributed by atoms with Crippen molar-refractivity contribution in [1.82, 2.24) is 14.5 Å². The molecule has 0 atom stereocenters. The minimum Gasteiger partial charge on any atom is -0.390 e. The van der Waals surface area contributed by atoms with E-state index in [1.54, 1.807) is 6.20 Å². The molecule has 0 amide bonds. The van der Waals surface area contributed by atoms with E-state index in [9.17, 15) is 5.11 Å². The summed E-state index contributed by atoms with van der Waals surface area (Å²) < 4.78 is 2.28. The molecule has 0 aliphatic carbocycles. The molecule has 5 nitrogen and oxygen atoms in total. The fourth-order valence-corrected chi connectivity index (χ4v) is 4.88. The molecule has 3 rings (SSSR count). The molecular formula is C30H40Cl2N4O. The predicted molar refractivity (Wildman–Crippen MR) is 157 cm³/mol. The number of aromatic nitrogens is 2. The van der Waals surface area contributed by atoms with Gasteiger partial charge in [0.2, 0.25) is 0 Å². The van der Waals surface area contributed by atoms with Crippen molar-refractivity contribution < 1.29 is 5.11 Å². The van der Waals surface area contributed by atoms with Gasteiger partial charge >= 0.3 is 0 Å². The standard InChI is InChI=1S/C30H40Cl2N4O/c1-6-8-16-36-27(28(32)34-29(36)25-12-10-9-11-22(25)3)21-35(17-15-30(4,5)37)20-23-13-14-26(33-7-2)24(18-23)19-31/h7,9-14,18,33,37H,2,6,8,15-17,19-21H2,1,3-5H3. The van der Waals surface area contributed by atoms with Crippen LogP contribution >= 0.6 is 23.2 Å². The van der Waals surface area contributed by atoms with Crippen molar-refractivity contribution >= 4 is 28.9 Å². The van der Waals surface area contributed by atoms with E-state index in [0.717, 1.165) is 53.3 Å². The van der Waals surface area contributed by atoms with E-state index < -0.39 is 5.60 Å². The normalized spacial score (nSPS) is 11.8. The van der Waals surface area contributed by atoms with E-state index in [2.05, 4.69) is 59.5 Å². The summed E-state index contributed by atoms with van der Waals surface area (Å²) in [5, 5.41) is 14.2. The zero-order valence-electron chi connectivity index (χ0n) is 22.5. The van der Waals surface area contributed by atoms with Gasteiger partial charge in [0.15, 0.2) is 5.15 Å². The van der Waals surface area contributed by atoms with Crippen molar-refractivity contribution in [2.45, 2.75) is 78.1 Å². The first-order valence-corrected chi connectivity index (χ1v) is 13.9. The van der Waals surface area contributed by atoms with Crippen LogP contribution in [0.1, 0.15) is 62.4 Å². The number of anilines is 1. The zero-order valence-corrected chi connectivity index (χ0v) is 24.0. The van der Waals surface area contributed by atoms with Gasteiger partial charge in [-0.15, -0.1) is 11.6 Å². The number of aliphatic hydroxyl groups is 1. The summed E-state index contributed by atoms with van der Waals surface area (Å²) in [6.45, 7) is 14.6. The summed E-state index contributed by atoms with van der Waals surface area (Å²) in [5.74, 6) is 1.32. The lowest BCUT2D eigenvalue weighted by atomic mass is 10.0. The molecule has 0 aliphatic heterocycles. The number of nitrogens with one attached hydrogen (secondary N) is 1. The maximum Gasteiger partial charge on any atom is 0.152 e. The minimum absolute atomic E-state index is 0.406. The lowest BCUT2D eigenvalue weighted by Gasteiger charge is -2.27. The van der Waals surface area contributed by atoms with Gasteiger partial charge in [-0.25, -0.2) is 4.98 Å². The first kappa shape index (κ1) is 29.2. The highest BCUT2D eigenvalue weighted by Crippen LogP contribution is 2.30. The summed E-state index contributed by atoms with van der Waals surface area (Å²) in [4.78, 5) is 7.17. The summed E-state index contributed by atoms with van der Waals surface area (Å²) in [6.07, 6.45) is 4.42. The first-order valence-electron chi connectivity index (χ1n) is 13.0. The van der Waals surface area contributed by atoms with Gasteiger partial charge in [0, 0.05) is 43.3 Å². The van der Waals surface area contributed by atoms with Crippen LogP contribution in [0.4, 0.5) is 5.69 Å². The second-order valence-corrected chi connectivity index (χ2v) is 10.9. The number of hydrogen-bond donors (Lipinski definition) is 2. The van der Waals surface area contributed by atoms with Crippen LogP contribution in [-0.4, -0.2) is 31.7 Å². The zero-order chi connectivity index (χ0) is 27.0. The van der Waals surface area contributed by atoms with Gasteiger partial charge in [0.25, 0.3) is 0 Å². The maximum absolute atomic E-state index is 10.5. The van der Waals surface area contributed by atoms with Crippen molar-refractivity contribution in [3.8, 4) is 11.4 Å². The molecule has 0 saturated heterocycles. The SMILES string of the molecule is C=CNc1ccc(CN(CCC(C)(C)O)Cc2c(Cl)nc(-c3ccccc3C)n2CCCC)cc1CCl. The first-order chi connectivity index (χ1) is 17.7. The molecule has 200 valence electrons. The second-order valence-electron chi connectivity index (χ2n) is 10.2. The monoisotopic (exact) mass is 542 g/mol. The molecule has 1 heterocycles. The minimum atomic E-state index is -0.768. The molecule has 0 unspecified atom stereocenters. The third kappa shape index (κ3) is 8.08. The Labute approximate surface area is 232 Å². The molecule has 2 aromatic carbocycles. The summed E-state index contributed by atoms with van der Waals surface area (Å²) in [6, 6.07) is 14.6. The third-order valence-electron chi connectivity index (χ3n) is 6.54. The summed E-state index contributed by atoms with van der Waals surface area (Å²) >= 11 is 13.1. The number of aryl methyl sites for hydroxylation is 1. The van der Waals surface area contributed by atoms with E-state index in [-0.39, 0.29) is 0 Å². The third-order valence-corrected chi connectivity index (χ3v) is 7.13. The Morgan fingerprint density at radius 3 is 2.59 bits per heavy atom. The number of hydrogen-bond acceptors (Lipinski definition) is 4. The van der Waals surface area contributed by atoms with Crippen LogP contribution in [0.2, 0.25) is 5.15 Å². The van der Waals surface area contributed by atoms with E-state index in [1.165, 1.54) is 5.56 Å². The topological polar surface area (TPSA) is 53.3 Å². The highest BCUT2D eigenvalue weighted by molar-refractivity contribution is 6.30. The number of imidazole rings is 1. The molecule has 0 bridgehead atoms. The van der Waals surface area contributed by atoms with Gasteiger partial charge in [0.1, 0.15) is 5.82 Å². The van der Waals surface area contributed by atoms with E-state index in [4.69, 9.17) is 28.2 Å². The van der Waals surface area contributed by atoms with Gasteiger partial charge in [-0.3, -0.25) is 4.90 Å². The fraction of sp³-hybridized carbons (Fsp3) is 0.433. The summed E-state index contributed by atoms with van der Waals surface area (Å²) in [5.41, 5.74) is 5.65. The van der Waals surface area contributed by atoms with Crippen molar-refractivity contribution in [1.29, 1.82) is 0 Å². The van der Waals surface area contributed by atoms with Crippen LogP contribution in [0, 0.1) is 6.92 Å². The van der Waals surface area contributed by atoms with E-state index in [0.29, 0.717) is 37.1 Å². The number of benzene rings is 2. The Morgan fingerprint density at radius 2 is 1.95 bits per heavy atom. The Kier molecular flexibility index (Phi) is 10.7. The highest BCUT2D eigenvalue weighted by atomic mass is 35.5. The maximum atomic E-state index is 10.5. The molecule has 0 spiro atoms. The van der Waals surface area contributed by atoms with Crippen molar-refractivity contribution in [2.24, 2.45) is 0 Å². The Balaban J connectivity index is 1.98. The molecule has 7 heteroatoms. The molecule has 1 aromatic heterocycles. The number of halogens is 2. The molecule has 3 aromatic rings. The molecule has 2 N–H and O–H groups in total. The number of alkyl halides is 1. The van der Waals surface area contributed by atoms with Crippen LogP contribution in [0.5, 0.6) is 0 Å². The highest BCUT2D eigenvalue weighted by Gasteiger charge is 2.22. The fourth-order valence-electron chi connectivity index (χ4n) is 4.42.